The number of furan rings is 1. The van der Waals surface area contributed by atoms with E-state index in [1.165, 1.54) is 5.57 Å². The van der Waals surface area contributed by atoms with Crippen LogP contribution in [0.25, 0.3) is 6.08 Å². The molecule has 0 amide bonds. The summed E-state index contributed by atoms with van der Waals surface area (Å²) < 4.78 is 5.26. The Kier molecular flexibility index (Phi) is 3.99. The molecule has 2 heteroatoms. The standard InChI is InChI=1S/C12H17BrO/c1-10(8-12(2,3)9-13)7-11-5-4-6-14-11/h4-7H,8-9H2,1-3H3/b10-7+. The van der Waals surface area contributed by atoms with Gasteiger partial charge in [0.25, 0.3) is 0 Å². The third kappa shape index (κ3) is 3.70. The van der Waals surface area contributed by atoms with E-state index >= 15 is 0 Å². The molecule has 0 aliphatic carbocycles. The van der Waals surface area contributed by atoms with E-state index in [4.69, 9.17) is 4.42 Å². The van der Waals surface area contributed by atoms with Crippen LogP contribution in [0.15, 0.2) is 28.4 Å². The van der Waals surface area contributed by atoms with Crippen LogP contribution in [0.5, 0.6) is 0 Å². The molecule has 1 nitrogen and oxygen atoms in total. The molecule has 0 saturated carbocycles. The first-order valence-electron chi connectivity index (χ1n) is 4.80. The minimum atomic E-state index is 0.313. The van der Waals surface area contributed by atoms with Crippen LogP contribution in [0, 0.1) is 5.41 Å². The highest BCUT2D eigenvalue weighted by Gasteiger charge is 2.16. The maximum Gasteiger partial charge on any atom is 0.126 e. The molecule has 1 aromatic rings. The Hall–Kier alpha value is -0.500. The number of allylic oxidation sites excluding steroid dienone is 1. The van der Waals surface area contributed by atoms with Gasteiger partial charge in [-0.2, -0.15) is 0 Å². The first-order valence-corrected chi connectivity index (χ1v) is 5.92. The fourth-order valence-corrected chi connectivity index (χ4v) is 1.67. The summed E-state index contributed by atoms with van der Waals surface area (Å²) in [4.78, 5) is 0. The molecule has 0 aromatic carbocycles. The molecule has 78 valence electrons. The molecule has 0 aliphatic heterocycles. The van der Waals surface area contributed by atoms with Crippen LogP contribution in [0.3, 0.4) is 0 Å². The molecule has 0 fully saturated rings. The van der Waals surface area contributed by atoms with Crippen molar-refractivity contribution < 1.29 is 4.42 Å². The maximum absolute atomic E-state index is 5.26. The van der Waals surface area contributed by atoms with Crippen molar-refractivity contribution in [2.24, 2.45) is 5.41 Å². The number of hydrogen-bond donors (Lipinski definition) is 0. The smallest absolute Gasteiger partial charge is 0.126 e. The van der Waals surface area contributed by atoms with Crippen LogP contribution in [0.4, 0.5) is 0 Å². The molecular weight excluding hydrogens is 240 g/mol. The van der Waals surface area contributed by atoms with Crippen LogP contribution < -0.4 is 0 Å². The summed E-state index contributed by atoms with van der Waals surface area (Å²) in [6.07, 6.45) is 4.89. The second-order valence-corrected chi connectivity index (χ2v) is 5.04. The molecule has 1 heterocycles. The molecule has 1 rings (SSSR count). The van der Waals surface area contributed by atoms with Crippen molar-refractivity contribution in [3.8, 4) is 0 Å². The van der Waals surface area contributed by atoms with Crippen molar-refractivity contribution in [3.05, 3.63) is 29.7 Å². The number of hydrogen-bond acceptors (Lipinski definition) is 1. The minimum Gasteiger partial charge on any atom is -0.465 e. The van der Waals surface area contributed by atoms with Crippen molar-refractivity contribution in [2.45, 2.75) is 27.2 Å². The lowest BCUT2D eigenvalue weighted by Crippen LogP contribution is -2.12. The lowest BCUT2D eigenvalue weighted by molar-refractivity contribution is 0.424. The van der Waals surface area contributed by atoms with Crippen molar-refractivity contribution >= 4 is 22.0 Å². The molecule has 14 heavy (non-hydrogen) atoms. The highest BCUT2D eigenvalue weighted by molar-refractivity contribution is 9.09. The Bertz CT molecular complexity index is 296. The summed E-state index contributed by atoms with van der Waals surface area (Å²) in [5.74, 6) is 0.938. The number of alkyl halides is 1. The Morgan fingerprint density at radius 3 is 2.79 bits per heavy atom. The van der Waals surface area contributed by atoms with Crippen LogP contribution >= 0.6 is 15.9 Å². The molecule has 0 N–H and O–H groups in total. The van der Waals surface area contributed by atoms with E-state index in [1.54, 1.807) is 6.26 Å². The van der Waals surface area contributed by atoms with E-state index in [0.717, 1.165) is 17.5 Å². The van der Waals surface area contributed by atoms with Gasteiger partial charge in [-0.15, -0.1) is 0 Å². The largest absolute Gasteiger partial charge is 0.465 e. The van der Waals surface area contributed by atoms with Gasteiger partial charge in [-0.05, 0) is 37.0 Å². The lowest BCUT2D eigenvalue weighted by atomic mass is 9.88. The summed E-state index contributed by atoms with van der Waals surface area (Å²) in [5, 5.41) is 1.02. The number of halogens is 1. The SMILES string of the molecule is C/C(=C\c1ccco1)CC(C)(C)CBr. The molecule has 0 unspecified atom stereocenters. The van der Waals surface area contributed by atoms with E-state index in [9.17, 15) is 0 Å². The number of rotatable bonds is 4. The zero-order valence-corrected chi connectivity index (χ0v) is 10.6. The Morgan fingerprint density at radius 1 is 1.57 bits per heavy atom. The van der Waals surface area contributed by atoms with Gasteiger partial charge in [0.15, 0.2) is 0 Å². The van der Waals surface area contributed by atoms with Crippen LogP contribution in [0.1, 0.15) is 33.0 Å². The first kappa shape index (κ1) is 11.6. The van der Waals surface area contributed by atoms with Gasteiger partial charge in [0.05, 0.1) is 6.26 Å². The monoisotopic (exact) mass is 256 g/mol. The van der Waals surface area contributed by atoms with Gasteiger partial charge in [-0.3, -0.25) is 0 Å². The van der Waals surface area contributed by atoms with Crippen molar-refractivity contribution in [2.75, 3.05) is 5.33 Å². The lowest BCUT2D eigenvalue weighted by Gasteiger charge is -2.21. The van der Waals surface area contributed by atoms with Gasteiger partial charge in [-0.1, -0.05) is 35.4 Å². The molecule has 0 atom stereocenters. The molecule has 0 bridgehead atoms. The first-order chi connectivity index (χ1) is 6.53. The van der Waals surface area contributed by atoms with Gasteiger partial charge >= 0.3 is 0 Å². The quantitative estimate of drug-likeness (QED) is 0.724. The Balaban J connectivity index is 2.62. The summed E-state index contributed by atoms with van der Waals surface area (Å²) in [7, 11) is 0. The predicted octanol–water partition coefficient (Wildman–Crippen LogP) is 4.49. The second kappa shape index (κ2) is 4.83. The van der Waals surface area contributed by atoms with E-state index < -0.39 is 0 Å². The van der Waals surface area contributed by atoms with Gasteiger partial charge < -0.3 is 4.42 Å². The van der Waals surface area contributed by atoms with Gasteiger partial charge in [0.1, 0.15) is 5.76 Å². The minimum absolute atomic E-state index is 0.313. The highest BCUT2D eigenvalue weighted by atomic mass is 79.9. The molecule has 0 saturated heterocycles. The van der Waals surface area contributed by atoms with E-state index in [2.05, 4.69) is 42.8 Å². The van der Waals surface area contributed by atoms with Gasteiger partial charge in [0.2, 0.25) is 0 Å². The van der Waals surface area contributed by atoms with Crippen molar-refractivity contribution in [1.29, 1.82) is 0 Å². The van der Waals surface area contributed by atoms with Crippen LogP contribution in [-0.2, 0) is 0 Å². The highest BCUT2D eigenvalue weighted by Crippen LogP contribution is 2.27. The zero-order chi connectivity index (χ0) is 10.6. The van der Waals surface area contributed by atoms with E-state index in [-0.39, 0.29) is 0 Å². The van der Waals surface area contributed by atoms with Gasteiger partial charge in [0, 0.05) is 5.33 Å². The van der Waals surface area contributed by atoms with E-state index in [1.807, 2.05) is 12.1 Å². The zero-order valence-electron chi connectivity index (χ0n) is 9.01. The maximum atomic E-state index is 5.26. The molecule has 0 spiro atoms. The van der Waals surface area contributed by atoms with Crippen molar-refractivity contribution in [3.63, 3.8) is 0 Å². The second-order valence-electron chi connectivity index (χ2n) is 4.48. The van der Waals surface area contributed by atoms with E-state index in [0.29, 0.717) is 5.41 Å². The normalized spacial score (nSPS) is 13.3. The summed E-state index contributed by atoms with van der Waals surface area (Å²) in [6, 6.07) is 3.89. The molecule has 1 aromatic heterocycles. The average molecular weight is 257 g/mol. The summed E-state index contributed by atoms with van der Waals surface area (Å²) in [5.41, 5.74) is 1.66. The molecular formula is C12H17BrO. The average Bonchev–Trinajstić information content (AvgIpc) is 2.55. The third-order valence-electron chi connectivity index (χ3n) is 2.05. The van der Waals surface area contributed by atoms with Gasteiger partial charge in [-0.25, -0.2) is 0 Å². The fraction of sp³-hybridized carbons (Fsp3) is 0.500. The Morgan fingerprint density at radius 2 is 2.29 bits per heavy atom. The fourth-order valence-electron chi connectivity index (χ4n) is 1.47. The van der Waals surface area contributed by atoms with Crippen molar-refractivity contribution in [1.82, 2.24) is 0 Å². The van der Waals surface area contributed by atoms with Crippen LogP contribution in [0.2, 0.25) is 0 Å². The summed E-state index contributed by atoms with van der Waals surface area (Å²) in [6.45, 7) is 6.65. The Labute approximate surface area is 94.3 Å². The third-order valence-corrected chi connectivity index (χ3v) is 3.57. The van der Waals surface area contributed by atoms with Crippen LogP contribution in [-0.4, -0.2) is 5.33 Å². The predicted molar refractivity (Wildman–Crippen MR) is 64.6 cm³/mol. The molecule has 0 radical (unpaired) electrons. The summed E-state index contributed by atoms with van der Waals surface area (Å²) >= 11 is 3.53. The molecule has 0 aliphatic rings. The topological polar surface area (TPSA) is 13.1 Å².